The molecule has 0 spiro atoms. The van der Waals surface area contributed by atoms with Gasteiger partial charge in [-0.25, -0.2) is 4.68 Å². The topological polar surface area (TPSA) is 93.5 Å². The average molecular weight is 433 g/mol. The number of rotatable bonds is 7. The summed E-state index contributed by atoms with van der Waals surface area (Å²) in [6, 6.07) is 11.8. The van der Waals surface area contributed by atoms with Gasteiger partial charge in [-0.3, -0.25) is 9.59 Å². The highest BCUT2D eigenvalue weighted by atomic mass is 19.4. The molecule has 3 rings (SSSR count). The largest absolute Gasteiger partial charge is 0.493 e. The molecule has 0 bridgehead atoms. The molecule has 3 aromatic rings. The predicted molar refractivity (Wildman–Crippen MR) is 104 cm³/mol. The number of methoxy groups -OCH3 is 1. The lowest BCUT2D eigenvalue weighted by Gasteiger charge is -2.18. The number of nitrogens with zero attached hydrogens (tertiary/aromatic N) is 2. The van der Waals surface area contributed by atoms with E-state index in [0.29, 0.717) is 5.69 Å². The molecule has 10 heteroatoms. The molecule has 0 saturated heterocycles. The van der Waals surface area contributed by atoms with Crippen molar-refractivity contribution in [2.45, 2.75) is 18.6 Å². The first-order valence-electron chi connectivity index (χ1n) is 9.08. The summed E-state index contributed by atoms with van der Waals surface area (Å²) >= 11 is 0. The molecule has 1 heterocycles. The van der Waals surface area contributed by atoms with Crippen LogP contribution in [0, 0.1) is 0 Å². The Morgan fingerprint density at radius 1 is 1.13 bits per heavy atom. The van der Waals surface area contributed by atoms with Gasteiger partial charge in [0.05, 0.1) is 37.0 Å². The van der Waals surface area contributed by atoms with E-state index >= 15 is 0 Å². The lowest BCUT2D eigenvalue weighted by atomic mass is 10.0. The normalized spacial score (nSPS) is 12.3. The summed E-state index contributed by atoms with van der Waals surface area (Å²) in [6.45, 7) is 0. The number of benzene rings is 2. The minimum Gasteiger partial charge on any atom is -0.493 e. The average Bonchev–Trinajstić information content (AvgIpc) is 3.18. The Labute approximate surface area is 175 Å². The zero-order valence-corrected chi connectivity index (χ0v) is 16.3. The first kappa shape index (κ1) is 21.9. The molecular weight excluding hydrogens is 415 g/mol. The highest BCUT2D eigenvalue weighted by Crippen LogP contribution is 2.30. The Kier molecular flexibility index (Phi) is 6.28. The number of carbonyl (C=O) groups is 2. The van der Waals surface area contributed by atoms with Crippen LogP contribution in [0.5, 0.6) is 5.75 Å². The molecule has 31 heavy (non-hydrogen) atoms. The lowest BCUT2D eigenvalue weighted by molar-refractivity contribution is -0.138. The third-order valence-electron chi connectivity index (χ3n) is 4.46. The summed E-state index contributed by atoms with van der Waals surface area (Å²) in [4.78, 5) is 24.1. The lowest BCUT2D eigenvalue weighted by Crippen LogP contribution is -2.31. The van der Waals surface area contributed by atoms with Gasteiger partial charge in [0.15, 0.2) is 11.4 Å². The molecule has 0 radical (unpaired) electrons. The third kappa shape index (κ3) is 5.21. The first-order chi connectivity index (χ1) is 14.7. The van der Waals surface area contributed by atoms with Crippen LogP contribution in [0.25, 0.3) is 5.69 Å². The van der Waals surface area contributed by atoms with Crippen LogP contribution in [0.4, 0.5) is 13.2 Å². The first-order valence-corrected chi connectivity index (χ1v) is 9.08. The van der Waals surface area contributed by atoms with Gasteiger partial charge < -0.3 is 15.2 Å². The predicted octanol–water partition coefficient (Wildman–Crippen LogP) is 3.85. The molecule has 1 aromatic heterocycles. The maximum Gasteiger partial charge on any atom is 0.416 e. The fourth-order valence-electron chi connectivity index (χ4n) is 2.94. The van der Waals surface area contributed by atoms with E-state index in [1.165, 1.54) is 18.0 Å². The van der Waals surface area contributed by atoms with Crippen molar-refractivity contribution in [3.8, 4) is 11.4 Å². The van der Waals surface area contributed by atoms with E-state index < -0.39 is 36.1 Å². The molecule has 7 nitrogen and oxygen atoms in total. The fourth-order valence-corrected chi connectivity index (χ4v) is 2.94. The van der Waals surface area contributed by atoms with Crippen LogP contribution in [-0.2, 0) is 11.0 Å². The highest BCUT2D eigenvalue weighted by molar-refractivity contribution is 5.95. The van der Waals surface area contributed by atoms with Gasteiger partial charge in [-0.05, 0) is 29.8 Å². The van der Waals surface area contributed by atoms with Crippen molar-refractivity contribution < 1.29 is 32.6 Å². The number of aromatic nitrogens is 2. The van der Waals surface area contributed by atoms with E-state index in [1.807, 2.05) is 6.07 Å². The Morgan fingerprint density at radius 2 is 1.77 bits per heavy atom. The number of carboxylic acid groups (broad SMARTS) is 1. The van der Waals surface area contributed by atoms with E-state index in [1.54, 1.807) is 24.3 Å². The van der Waals surface area contributed by atoms with Crippen molar-refractivity contribution >= 4 is 11.9 Å². The van der Waals surface area contributed by atoms with Crippen LogP contribution in [-0.4, -0.2) is 33.9 Å². The standard InChI is InChI=1S/C21H18F3N3O4/c1-31-17-12-27(15-5-3-2-4-6-15)26-19(17)20(30)25-16(11-18(28)29)13-7-9-14(10-8-13)21(22,23)24/h2-10,12,16H,11H2,1H3,(H,25,30)(H,28,29). The minimum absolute atomic E-state index is 0.0892. The second kappa shape index (κ2) is 8.90. The maximum atomic E-state index is 12.8. The molecule has 1 unspecified atom stereocenters. The Morgan fingerprint density at radius 3 is 2.32 bits per heavy atom. The summed E-state index contributed by atoms with van der Waals surface area (Å²) in [6.07, 6.45) is -3.56. The number of para-hydroxylation sites is 1. The summed E-state index contributed by atoms with van der Waals surface area (Å²) in [5, 5.41) is 15.9. The molecule has 1 atom stereocenters. The van der Waals surface area contributed by atoms with Gasteiger partial charge in [0.2, 0.25) is 0 Å². The Balaban J connectivity index is 1.87. The second-order valence-electron chi connectivity index (χ2n) is 6.57. The number of halogens is 3. The molecule has 0 aliphatic heterocycles. The van der Waals surface area contributed by atoms with Crippen molar-refractivity contribution in [2.24, 2.45) is 0 Å². The number of hydrogen-bond donors (Lipinski definition) is 2. The SMILES string of the molecule is COc1cn(-c2ccccc2)nc1C(=O)NC(CC(=O)O)c1ccc(C(F)(F)F)cc1. The van der Waals surface area contributed by atoms with Gasteiger partial charge in [-0.15, -0.1) is 0 Å². The molecule has 0 aliphatic carbocycles. The molecular formula is C21H18F3N3O4. The van der Waals surface area contributed by atoms with Gasteiger partial charge in [0, 0.05) is 0 Å². The summed E-state index contributed by atoms with van der Waals surface area (Å²) in [5.74, 6) is -1.80. The number of aliphatic carboxylic acids is 1. The van der Waals surface area contributed by atoms with Crippen molar-refractivity contribution in [1.82, 2.24) is 15.1 Å². The van der Waals surface area contributed by atoms with Gasteiger partial charge in [-0.2, -0.15) is 18.3 Å². The fraction of sp³-hybridized carbons (Fsp3) is 0.190. The molecule has 1 amide bonds. The van der Waals surface area contributed by atoms with Gasteiger partial charge in [-0.1, -0.05) is 30.3 Å². The third-order valence-corrected chi connectivity index (χ3v) is 4.46. The number of ether oxygens (including phenoxy) is 1. The van der Waals surface area contributed by atoms with Crippen molar-refractivity contribution in [3.05, 3.63) is 77.6 Å². The molecule has 0 fully saturated rings. The minimum atomic E-state index is -4.53. The number of hydrogen-bond acceptors (Lipinski definition) is 4. The van der Waals surface area contributed by atoms with Crippen LogP contribution in [0.3, 0.4) is 0 Å². The second-order valence-corrected chi connectivity index (χ2v) is 6.57. The number of carboxylic acids is 1. The molecule has 2 N–H and O–H groups in total. The molecule has 0 aliphatic rings. The summed E-state index contributed by atoms with van der Waals surface area (Å²) < 4.78 is 45.0. The molecule has 0 saturated carbocycles. The van der Waals surface area contributed by atoms with Crippen LogP contribution in [0.2, 0.25) is 0 Å². The van der Waals surface area contributed by atoms with Gasteiger partial charge >= 0.3 is 12.1 Å². The summed E-state index contributed by atoms with van der Waals surface area (Å²) in [7, 11) is 1.35. The van der Waals surface area contributed by atoms with Crippen LogP contribution in [0.1, 0.15) is 34.1 Å². The number of nitrogens with one attached hydrogen (secondary N) is 1. The van der Waals surface area contributed by atoms with E-state index in [4.69, 9.17) is 4.74 Å². The van der Waals surface area contributed by atoms with Crippen molar-refractivity contribution in [2.75, 3.05) is 7.11 Å². The maximum absolute atomic E-state index is 12.8. The van der Waals surface area contributed by atoms with E-state index in [0.717, 1.165) is 24.3 Å². The quantitative estimate of drug-likeness (QED) is 0.591. The zero-order chi connectivity index (χ0) is 22.6. The van der Waals surface area contributed by atoms with Crippen LogP contribution in [0.15, 0.2) is 60.8 Å². The number of alkyl halides is 3. The number of amides is 1. The Bertz CT molecular complexity index is 1060. The van der Waals surface area contributed by atoms with Crippen LogP contribution < -0.4 is 10.1 Å². The van der Waals surface area contributed by atoms with Gasteiger partial charge in [0.1, 0.15) is 0 Å². The van der Waals surface area contributed by atoms with E-state index in [2.05, 4.69) is 10.4 Å². The summed E-state index contributed by atoms with van der Waals surface area (Å²) in [5.41, 5.74) is -0.0801. The molecule has 2 aromatic carbocycles. The van der Waals surface area contributed by atoms with E-state index in [-0.39, 0.29) is 17.0 Å². The van der Waals surface area contributed by atoms with Gasteiger partial charge in [0.25, 0.3) is 5.91 Å². The molecule has 162 valence electrons. The van der Waals surface area contributed by atoms with Crippen molar-refractivity contribution in [1.29, 1.82) is 0 Å². The van der Waals surface area contributed by atoms with E-state index in [9.17, 15) is 27.9 Å². The Hall–Kier alpha value is -3.82. The monoisotopic (exact) mass is 433 g/mol. The number of carbonyl (C=O) groups excluding carboxylic acids is 1. The zero-order valence-electron chi connectivity index (χ0n) is 16.3. The van der Waals surface area contributed by atoms with Crippen LogP contribution >= 0.6 is 0 Å². The smallest absolute Gasteiger partial charge is 0.416 e. The highest BCUT2D eigenvalue weighted by Gasteiger charge is 2.31. The van der Waals surface area contributed by atoms with Crippen molar-refractivity contribution in [3.63, 3.8) is 0 Å².